The average molecular weight is 359 g/mol. The predicted octanol–water partition coefficient (Wildman–Crippen LogP) is 2.18. The molecule has 0 saturated heterocycles. The molecular weight excluding hydrogens is 336 g/mol. The number of ether oxygens (including phenoxy) is 2. The first kappa shape index (κ1) is 20.6. The number of nitrogens with one attached hydrogen (secondary N) is 3. The zero-order valence-corrected chi connectivity index (χ0v) is 14.6. The van der Waals surface area contributed by atoms with Crippen molar-refractivity contribution < 1.29 is 27.8 Å². The highest BCUT2D eigenvalue weighted by molar-refractivity contribution is 5.86. The summed E-state index contributed by atoms with van der Waals surface area (Å²) in [5, 5.41) is 2.48. The Kier molecular flexibility index (Phi) is 7.56. The van der Waals surface area contributed by atoms with Gasteiger partial charge in [0.1, 0.15) is 11.8 Å². The highest BCUT2D eigenvalue weighted by Gasteiger charge is 2.33. The van der Waals surface area contributed by atoms with Crippen LogP contribution in [0.25, 0.3) is 0 Å². The van der Waals surface area contributed by atoms with Crippen molar-refractivity contribution in [2.24, 2.45) is 5.41 Å². The molecular formula is C16H23F2N3O4. The maximum atomic E-state index is 12.3. The minimum absolute atomic E-state index is 0.0536. The number of alkyl halides is 2. The normalized spacial score (nSPS) is 12.4. The third kappa shape index (κ3) is 7.34. The van der Waals surface area contributed by atoms with Gasteiger partial charge < -0.3 is 14.8 Å². The SMILES string of the molecule is COC(=O)N[C@H](C(=O)NNCc1ccc(OC(F)F)cc1)C(C)(C)C. The van der Waals surface area contributed by atoms with Crippen LogP contribution in [0.2, 0.25) is 0 Å². The summed E-state index contributed by atoms with van der Waals surface area (Å²) in [4.78, 5) is 23.6. The molecule has 0 radical (unpaired) electrons. The summed E-state index contributed by atoms with van der Waals surface area (Å²) in [7, 11) is 1.21. The van der Waals surface area contributed by atoms with Crippen molar-refractivity contribution in [1.29, 1.82) is 0 Å². The molecule has 0 heterocycles. The Labute approximate surface area is 145 Å². The summed E-state index contributed by atoms with van der Waals surface area (Å²) >= 11 is 0. The Morgan fingerprint density at radius 3 is 2.24 bits per heavy atom. The molecule has 140 valence electrons. The Morgan fingerprint density at radius 2 is 1.76 bits per heavy atom. The number of methoxy groups -OCH3 is 1. The van der Waals surface area contributed by atoms with E-state index in [1.807, 2.05) is 0 Å². The van der Waals surface area contributed by atoms with Crippen LogP contribution in [-0.4, -0.2) is 31.8 Å². The summed E-state index contributed by atoms with van der Waals surface area (Å²) in [6, 6.07) is 5.17. The highest BCUT2D eigenvalue weighted by Crippen LogP contribution is 2.19. The largest absolute Gasteiger partial charge is 0.453 e. The molecule has 9 heteroatoms. The molecule has 0 aliphatic rings. The first-order valence-electron chi connectivity index (χ1n) is 7.54. The number of hydrogen-bond donors (Lipinski definition) is 3. The summed E-state index contributed by atoms with van der Waals surface area (Å²) in [6.07, 6.45) is -0.704. The van der Waals surface area contributed by atoms with Crippen molar-refractivity contribution in [3.63, 3.8) is 0 Å². The van der Waals surface area contributed by atoms with E-state index in [0.29, 0.717) is 0 Å². The number of carbonyl (C=O) groups is 2. The van der Waals surface area contributed by atoms with Gasteiger partial charge >= 0.3 is 12.7 Å². The van der Waals surface area contributed by atoms with Gasteiger partial charge in [-0.05, 0) is 23.1 Å². The van der Waals surface area contributed by atoms with Crippen LogP contribution in [0.1, 0.15) is 26.3 Å². The quantitative estimate of drug-likeness (QED) is 0.650. The molecule has 0 aromatic heterocycles. The molecule has 1 rings (SSSR count). The maximum Gasteiger partial charge on any atom is 0.407 e. The van der Waals surface area contributed by atoms with Crippen molar-refractivity contribution >= 4 is 12.0 Å². The molecule has 0 saturated carbocycles. The fourth-order valence-corrected chi connectivity index (χ4v) is 1.95. The predicted molar refractivity (Wildman–Crippen MR) is 86.8 cm³/mol. The first-order valence-corrected chi connectivity index (χ1v) is 7.54. The molecule has 1 aromatic carbocycles. The topological polar surface area (TPSA) is 88.7 Å². The first-order chi connectivity index (χ1) is 11.6. The molecule has 0 unspecified atom stereocenters. The molecule has 1 atom stereocenters. The minimum atomic E-state index is -2.88. The fourth-order valence-electron chi connectivity index (χ4n) is 1.95. The molecule has 0 aliphatic heterocycles. The zero-order valence-electron chi connectivity index (χ0n) is 14.6. The third-order valence-corrected chi connectivity index (χ3v) is 3.23. The van der Waals surface area contributed by atoms with Gasteiger partial charge in [0, 0.05) is 6.54 Å². The molecule has 3 N–H and O–H groups in total. The van der Waals surface area contributed by atoms with E-state index in [4.69, 9.17) is 0 Å². The molecule has 1 aromatic rings. The van der Waals surface area contributed by atoms with Crippen molar-refractivity contribution in [2.75, 3.05) is 7.11 Å². The summed E-state index contributed by atoms with van der Waals surface area (Å²) in [6.45, 7) is 2.79. The number of hydrazine groups is 1. The van der Waals surface area contributed by atoms with Gasteiger partial charge in [0.2, 0.25) is 0 Å². The Balaban J connectivity index is 2.55. The standard InChI is InChI=1S/C16H23F2N3O4/c1-16(2,3)12(20-15(23)24-4)13(22)21-19-9-10-5-7-11(8-6-10)25-14(17)18/h5-8,12,14,19H,9H2,1-4H3,(H,20,23)(H,21,22)/t12-/m1/s1. The fraction of sp³-hybridized carbons (Fsp3) is 0.500. The van der Waals surface area contributed by atoms with Gasteiger partial charge in [-0.1, -0.05) is 32.9 Å². The third-order valence-electron chi connectivity index (χ3n) is 3.23. The van der Waals surface area contributed by atoms with E-state index in [-0.39, 0.29) is 12.3 Å². The summed E-state index contributed by atoms with van der Waals surface area (Å²) in [5.74, 6) is -0.381. The second-order valence-electron chi connectivity index (χ2n) is 6.30. The maximum absolute atomic E-state index is 12.3. The molecule has 0 aliphatic carbocycles. The van der Waals surface area contributed by atoms with E-state index < -0.39 is 30.1 Å². The van der Waals surface area contributed by atoms with Crippen LogP contribution in [-0.2, 0) is 16.1 Å². The van der Waals surface area contributed by atoms with E-state index >= 15 is 0 Å². The number of carbonyl (C=O) groups excluding carboxylic acids is 2. The lowest BCUT2D eigenvalue weighted by Gasteiger charge is -2.29. The zero-order chi connectivity index (χ0) is 19.0. The minimum Gasteiger partial charge on any atom is -0.453 e. The molecule has 25 heavy (non-hydrogen) atoms. The summed E-state index contributed by atoms with van der Waals surface area (Å²) in [5.41, 5.74) is 5.44. The van der Waals surface area contributed by atoms with Gasteiger partial charge in [0.15, 0.2) is 0 Å². The van der Waals surface area contributed by atoms with Gasteiger partial charge in [0.05, 0.1) is 7.11 Å². The molecule has 7 nitrogen and oxygen atoms in total. The van der Waals surface area contributed by atoms with Gasteiger partial charge in [-0.3, -0.25) is 10.2 Å². The van der Waals surface area contributed by atoms with E-state index in [9.17, 15) is 18.4 Å². The van der Waals surface area contributed by atoms with Gasteiger partial charge in [0.25, 0.3) is 5.91 Å². The number of rotatable bonds is 7. The lowest BCUT2D eigenvalue weighted by atomic mass is 9.86. The van der Waals surface area contributed by atoms with Crippen molar-refractivity contribution in [2.45, 2.75) is 40.0 Å². The van der Waals surface area contributed by atoms with Crippen molar-refractivity contribution in [3.8, 4) is 5.75 Å². The number of benzene rings is 1. The van der Waals surface area contributed by atoms with Crippen LogP contribution in [0.5, 0.6) is 5.75 Å². The van der Waals surface area contributed by atoms with Crippen LogP contribution in [0.15, 0.2) is 24.3 Å². The second kappa shape index (κ2) is 9.16. The molecule has 0 bridgehead atoms. The van der Waals surface area contributed by atoms with E-state index in [0.717, 1.165) is 5.56 Å². The smallest absolute Gasteiger partial charge is 0.407 e. The second-order valence-corrected chi connectivity index (χ2v) is 6.30. The van der Waals surface area contributed by atoms with Gasteiger partial charge in [-0.15, -0.1) is 0 Å². The Bertz CT molecular complexity index is 574. The monoisotopic (exact) mass is 359 g/mol. The van der Waals surface area contributed by atoms with Crippen LogP contribution >= 0.6 is 0 Å². The van der Waals surface area contributed by atoms with Crippen LogP contribution in [0.4, 0.5) is 13.6 Å². The Morgan fingerprint density at radius 1 is 1.16 bits per heavy atom. The van der Waals surface area contributed by atoms with Gasteiger partial charge in [-0.2, -0.15) is 8.78 Å². The van der Waals surface area contributed by atoms with Crippen molar-refractivity contribution in [3.05, 3.63) is 29.8 Å². The van der Waals surface area contributed by atoms with Crippen molar-refractivity contribution in [1.82, 2.24) is 16.2 Å². The molecule has 0 spiro atoms. The highest BCUT2D eigenvalue weighted by atomic mass is 19.3. The number of hydrogen-bond acceptors (Lipinski definition) is 5. The van der Waals surface area contributed by atoms with E-state index in [1.54, 1.807) is 32.9 Å². The van der Waals surface area contributed by atoms with Crippen LogP contribution in [0, 0.1) is 5.41 Å². The molecule has 2 amide bonds. The average Bonchev–Trinajstić information content (AvgIpc) is 2.52. The number of halogens is 2. The Hall–Kier alpha value is -2.42. The van der Waals surface area contributed by atoms with Crippen LogP contribution < -0.4 is 20.9 Å². The number of amides is 2. The lowest BCUT2D eigenvalue weighted by Crippen LogP contribution is -2.56. The summed E-state index contributed by atoms with van der Waals surface area (Å²) < 4.78 is 32.9. The van der Waals surface area contributed by atoms with E-state index in [2.05, 4.69) is 25.6 Å². The molecule has 0 fully saturated rings. The lowest BCUT2D eigenvalue weighted by molar-refractivity contribution is -0.126. The number of alkyl carbamates (subject to hydrolysis) is 1. The van der Waals surface area contributed by atoms with Crippen LogP contribution in [0.3, 0.4) is 0 Å². The van der Waals surface area contributed by atoms with Gasteiger partial charge in [-0.25, -0.2) is 10.2 Å². The van der Waals surface area contributed by atoms with E-state index in [1.165, 1.54) is 19.2 Å².